The van der Waals surface area contributed by atoms with Crippen molar-refractivity contribution in [1.82, 2.24) is 0 Å². The number of hydrogen-bond acceptors (Lipinski definition) is 6. The second kappa shape index (κ2) is 10.3. The number of rotatable bonds is 2. The monoisotopic (exact) mass is 675 g/mol. The Kier molecular flexibility index (Phi) is 6.26. The highest BCUT2D eigenvalue weighted by molar-refractivity contribution is 7.91. The Hall–Kier alpha value is -5.37. The molecule has 0 amide bonds. The maximum Gasteiger partial charge on any atom is 0.207 e. The standard InChI is InChI=1S/C42H29NO4S2/c1-24-20-25(2)38(26(3)21-24)43-35-17-9-6-14-31(35)42(32-15-7-10-18-36(32)49(46,47)37-19-11-8-16-33(37)42)34-23-27(48-41(34)43)22-30-39(44)28-12-4-5-13-29(28)40(30)45/h4-23H,1-3H3. The fourth-order valence-corrected chi connectivity index (χ4v) is 11.3. The fourth-order valence-electron chi connectivity index (χ4n) is 8.30. The number of fused-ring (bicyclic) bond motifs is 9. The largest absolute Gasteiger partial charge is 0.301 e. The van der Waals surface area contributed by atoms with Crippen molar-refractivity contribution in [3.05, 3.63) is 176 Å². The van der Waals surface area contributed by atoms with Crippen molar-refractivity contribution in [2.75, 3.05) is 4.90 Å². The summed E-state index contributed by atoms with van der Waals surface area (Å²) in [7, 11) is -3.83. The molecule has 3 aliphatic rings. The van der Waals surface area contributed by atoms with Crippen LogP contribution in [0.25, 0.3) is 6.08 Å². The number of allylic oxidation sites excluding steroid dienone is 1. The average molecular weight is 676 g/mol. The molecule has 7 heteroatoms. The summed E-state index contributed by atoms with van der Waals surface area (Å²) >= 11 is 1.51. The number of para-hydroxylation sites is 1. The number of Topliss-reactive ketones (excluding diaryl/α,β-unsaturated/α-hetero) is 2. The highest BCUT2D eigenvalue weighted by atomic mass is 32.2. The lowest BCUT2D eigenvalue weighted by molar-refractivity contribution is 0.0990. The molecule has 1 aromatic heterocycles. The second-order valence-electron chi connectivity index (χ2n) is 13.0. The summed E-state index contributed by atoms with van der Waals surface area (Å²) in [6.07, 6.45) is 1.72. The minimum absolute atomic E-state index is 0.132. The van der Waals surface area contributed by atoms with E-state index < -0.39 is 15.3 Å². The predicted octanol–water partition coefficient (Wildman–Crippen LogP) is 9.45. The van der Waals surface area contributed by atoms with Gasteiger partial charge in [0.05, 0.1) is 32.2 Å². The van der Waals surface area contributed by atoms with Gasteiger partial charge < -0.3 is 4.90 Å². The Labute approximate surface area is 288 Å². The van der Waals surface area contributed by atoms with Crippen molar-refractivity contribution in [3.63, 3.8) is 0 Å². The van der Waals surface area contributed by atoms with Gasteiger partial charge in [0.1, 0.15) is 5.00 Å². The first-order valence-electron chi connectivity index (χ1n) is 16.1. The van der Waals surface area contributed by atoms with E-state index in [0.29, 0.717) is 22.3 Å². The lowest BCUT2D eigenvalue weighted by Crippen LogP contribution is -2.41. The molecule has 0 saturated carbocycles. The van der Waals surface area contributed by atoms with Crippen LogP contribution in [0, 0.1) is 20.8 Å². The van der Waals surface area contributed by atoms with E-state index in [1.807, 2.05) is 36.4 Å². The van der Waals surface area contributed by atoms with Gasteiger partial charge in [0.15, 0.2) is 11.6 Å². The van der Waals surface area contributed by atoms with Crippen molar-refractivity contribution >= 4 is 55.2 Å². The summed E-state index contributed by atoms with van der Waals surface area (Å²) in [5, 5.41) is 0.903. The zero-order valence-electron chi connectivity index (χ0n) is 26.9. The van der Waals surface area contributed by atoms with E-state index in [2.05, 4.69) is 56.0 Å². The number of sulfone groups is 1. The Balaban J connectivity index is 1.42. The summed E-state index contributed by atoms with van der Waals surface area (Å²) in [6.45, 7) is 6.32. The van der Waals surface area contributed by atoms with Crippen LogP contribution in [0.1, 0.15) is 64.5 Å². The number of carbonyl (C=O) groups excluding carboxylic acids is 2. The maximum atomic E-state index is 14.3. The number of hydrogen-bond donors (Lipinski definition) is 0. The van der Waals surface area contributed by atoms with Gasteiger partial charge in [0.2, 0.25) is 9.84 Å². The third kappa shape index (κ3) is 3.88. The third-order valence-electron chi connectivity index (χ3n) is 10.1. The van der Waals surface area contributed by atoms with Crippen molar-refractivity contribution in [2.24, 2.45) is 0 Å². The number of nitrogens with zero attached hydrogens (tertiary/aromatic N) is 1. The number of anilines is 3. The molecule has 1 aliphatic carbocycles. The highest BCUT2D eigenvalue weighted by Gasteiger charge is 2.54. The molecule has 0 fully saturated rings. The topological polar surface area (TPSA) is 71.5 Å². The van der Waals surface area contributed by atoms with Gasteiger partial charge in [-0.15, -0.1) is 11.3 Å². The Bertz CT molecular complexity index is 2500. The van der Waals surface area contributed by atoms with Crippen molar-refractivity contribution < 1.29 is 18.0 Å². The van der Waals surface area contributed by atoms with E-state index in [-0.39, 0.29) is 26.9 Å². The molecule has 3 heterocycles. The van der Waals surface area contributed by atoms with E-state index in [0.717, 1.165) is 49.1 Å². The first-order chi connectivity index (χ1) is 23.6. The first kappa shape index (κ1) is 29.7. The van der Waals surface area contributed by atoms with Gasteiger partial charge in [0.25, 0.3) is 0 Å². The zero-order chi connectivity index (χ0) is 33.8. The molecule has 2 aliphatic heterocycles. The van der Waals surface area contributed by atoms with Gasteiger partial charge in [-0.25, -0.2) is 8.42 Å². The first-order valence-corrected chi connectivity index (χ1v) is 18.4. The van der Waals surface area contributed by atoms with E-state index in [1.54, 1.807) is 54.6 Å². The Morgan fingerprint density at radius 1 is 0.633 bits per heavy atom. The smallest absolute Gasteiger partial charge is 0.207 e. The van der Waals surface area contributed by atoms with Crippen molar-refractivity contribution in [1.29, 1.82) is 0 Å². The molecule has 0 bridgehead atoms. The summed E-state index contributed by atoms with van der Waals surface area (Å²) in [5.41, 5.74) is 8.51. The molecule has 5 nitrogen and oxygen atoms in total. The molecule has 0 saturated heterocycles. The summed E-state index contributed by atoms with van der Waals surface area (Å²) < 4.78 is 28.6. The molecule has 0 atom stereocenters. The van der Waals surface area contributed by atoms with Gasteiger partial charge in [-0.2, -0.15) is 0 Å². The van der Waals surface area contributed by atoms with Gasteiger partial charge in [-0.05, 0) is 78.9 Å². The number of aryl methyl sites for hydroxylation is 3. The van der Waals surface area contributed by atoms with Crippen LogP contribution in [0.5, 0.6) is 0 Å². The lowest BCUT2D eigenvalue weighted by Gasteiger charge is -2.47. The number of thiophene rings is 1. The molecule has 1 spiro atoms. The van der Waals surface area contributed by atoms with E-state index in [4.69, 9.17) is 0 Å². The van der Waals surface area contributed by atoms with Crippen LogP contribution in [0.2, 0.25) is 0 Å². The van der Waals surface area contributed by atoms with Crippen LogP contribution < -0.4 is 4.90 Å². The molecular weight excluding hydrogens is 647 g/mol. The van der Waals surface area contributed by atoms with Crippen LogP contribution in [-0.2, 0) is 15.3 Å². The highest BCUT2D eigenvalue weighted by Crippen LogP contribution is 2.64. The van der Waals surface area contributed by atoms with Crippen LogP contribution in [0.3, 0.4) is 0 Å². The minimum Gasteiger partial charge on any atom is -0.301 e. The number of carbonyl (C=O) groups is 2. The minimum atomic E-state index is -3.83. The Morgan fingerprint density at radius 2 is 1.14 bits per heavy atom. The van der Waals surface area contributed by atoms with E-state index in [9.17, 15) is 18.0 Å². The fraction of sp³-hybridized carbons (Fsp3) is 0.0952. The summed E-state index contributed by atoms with van der Waals surface area (Å²) in [6, 6.07) is 36.2. The molecule has 0 N–H and O–H groups in total. The van der Waals surface area contributed by atoms with Crippen LogP contribution in [0.4, 0.5) is 16.4 Å². The third-order valence-corrected chi connectivity index (χ3v) is 13.0. The summed E-state index contributed by atoms with van der Waals surface area (Å²) in [5.74, 6) is -0.571. The van der Waals surface area contributed by atoms with Gasteiger partial charge in [-0.3, -0.25) is 9.59 Å². The van der Waals surface area contributed by atoms with Gasteiger partial charge in [-0.1, -0.05) is 96.6 Å². The van der Waals surface area contributed by atoms with Crippen LogP contribution in [0.15, 0.2) is 131 Å². The zero-order valence-corrected chi connectivity index (χ0v) is 28.6. The maximum absolute atomic E-state index is 14.3. The molecule has 0 unspecified atom stereocenters. The number of benzene rings is 5. The van der Waals surface area contributed by atoms with Gasteiger partial charge in [0, 0.05) is 21.6 Å². The quantitative estimate of drug-likeness (QED) is 0.135. The Morgan fingerprint density at radius 3 is 1.73 bits per heavy atom. The molecule has 49 heavy (non-hydrogen) atoms. The van der Waals surface area contributed by atoms with E-state index >= 15 is 0 Å². The molecular formula is C42H29NO4S2. The van der Waals surface area contributed by atoms with Crippen molar-refractivity contribution in [3.8, 4) is 0 Å². The number of ketones is 2. The van der Waals surface area contributed by atoms with Crippen molar-refractivity contribution in [2.45, 2.75) is 36.0 Å². The van der Waals surface area contributed by atoms with Crippen LogP contribution >= 0.6 is 11.3 Å². The molecule has 5 aromatic carbocycles. The summed E-state index contributed by atoms with van der Waals surface area (Å²) in [4.78, 5) is 30.7. The molecule has 238 valence electrons. The normalized spacial score (nSPS) is 16.1. The molecule has 6 aromatic rings. The van der Waals surface area contributed by atoms with Crippen LogP contribution in [-0.4, -0.2) is 20.0 Å². The lowest BCUT2D eigenvalue weighted by atomic mass is 9.63. The molecule has 0 radical (unpaired) electrons. The van der Waals surface area contributed by atoms with E-state index in [1.165, 1.54) is 11.3 Å². The predicted molar refractivity (Wildman–Crippen MR) is 194 cm³/mol. The SMILES string of the molecule is Cc1cc(C)c(N2c3ccccc3C3(c4ccccc4S(=O)(=O)c4ccccc43)c3cc(C=C4C(=O)c5ccccc5C4=O)sc32)c(C)c1. The second-order valence-corrected chi connectivity index (χ2v) is 15.9. The average Bonchev–Trinajstić information content (AvgIpc) is 3.62. The van der Waals surface area contributed by atoms with Gasteiger partial charge >= 0.3 is 0 Å². The molecule has 9 rings (SSSR count).